The number of benzene rings is 4. The molecule has 13 nitrogen and oxygen atoms in total. The van der Waals surface area contributed by atoms with Crippen molar-refractivity contribution in [3.8, 4) is 51.7 Å². The maximum atomic E-state index is 13.3. The molecule has 0 saturated heterocycles. The Bertz CT molecular complexity index is 2030. The molecule has 0 amide bonds. The molecular formula is C37H32O13. The van der Waals surface area contributed by atoms with Crippen molar-refractivity contribution >= 4 is 17.8 Å². The molecule has 4 N–H and O–H groups in total. The number of ether oxygens (including phenoxy) is 7. The maximum absolute atomic E-state index is 13.3. The lowest BCUT2D eigenvalue weighted by Crippen LogP contribution is -2.37. The zero-order valence-corrected chi connectivity index (χ0v) is 27.0. The van der Waals surface area contributed by atoms with Gasteiger partial charge in [-0.1, -0.05) is 18.2 Å². The molecule has 0 radical (unpaired) electrons. The first-order valence-electron chi connectivity index (χ1n) is 15.6. The van der Waals surface area contributed by atoms with Gasteiger partial charge in [-0.25, -0.2) is 4.79 Å². The average molecular weight is 685 g/mol. The third-order valence-corrected chi connectivity index (χ3v) is 8.30. The molecule has 50 heavy (non-hydrogen) atoms. The molecule has 2 unspecified atom stereocenters. The molecule has 7 rings (SSSR count). The van der Waals surface area contributed by atoms with Crippen molar-refractivity contribution in [1.29, 1.82) is 0 Å². The van der Waals surface area contributed by atoms with E-state index in [1.54, 1.807) is 56.3 Å². The van der Waals surface area contributed by atoms with Crippen LogP contribution in [0.15, 0.2) is 72.8 Å². The molecule has 0 aliphatic carbocycles. The van der Waals surface area contributed by atoms with Crippen molar-refractivity contribution in [2.45, 2.75) is 44.1 Å². The van der Waals surface area contributed by atoms with Gasteiger partial charge in [-0.2, -0.15) is 0 Å². The van der Waals surface area contributed by atoms with Crippen LogP contribution in [0.2, 0.25) is 0 Å². The van der Waals surface area contributed by atoms with Gasteiger partial charge in [0, 0.05) is 37.6 Å². The van der Waals surface area contributed by atoms with E-state index in [4.69, 9.17) is 33.2 Å². The van der Waals surface area contributed by atoms with Crippen LogP contribution in [0.3, 0.4) is 0 Å². The van der Waals surface area contributed by atoms with Crippen molar-refractivity contribution in [3.05, 3.63) is 95.1 Å². The fourth-order valence-corrected chi connectivity index (χ4v) is 5.99. The van der Waals surface area contributed by atoms with Gasteiger partial charge in [-0.05, 0) is 53.6 Å². The number of ketones is 1. The highest BCUT2D eigenvalue weighted by molar-refractivity contribution is 6.05. The summed E-state index contributed by atoms with van der Waals surface area (Å²) in [6, 6.07) is 16.8. The van der Waals surface area contributed by atoms with Crippen LogP contribution >= 0.6 is 0 Å². The number of methoxy groups -OCH3 is 1. The monoisotopic (exact) mass is 684 g/mol. The maximum Gasteiger partial charge on any atom is 0.336 e. The quantitative estimate of drug-likeness (QED) is 0.119. The van der Waals surface area contributed by atoms with E-state index in [0.29, 0.717) is 33.9 Å². The second-order valence-electron chi connectivity index (χ2n) is 12.2. The number of rotatable bonds is 7. The zero-order valence-electron chi connectivity index (χ0n) is 27.0. The topological polar surface area (TPSA) is 180 Å². The van der Waals surface area contributed by atoms with Crippen LogP contribution in [0.5, 0.6) is 51.7 Å². The number of aliphatic hydroxyl groups is 2. The van der Waals surface area contributed by atoms with Gasteiger partial charge >= 0.3 is 5.97 Å². The number of esters is 1. The number of hydrogen-bond acceptors (Lipinski definition) is 13. The number of aromatic hydroxyl groups is 2. The molecule has 0 fully saturated rings. The molecule has 0 bridgehead atoms. The van der Waals surface area contributed by atoms with Crippen LogP contribution in [0, 0.1) is 0 Å². The van der Waals surface area contributed by atoms with Gasteiger partial charge in [-0.15, -0.1) is 0 Å². The minimum absolute atomic E-state index is 0.0736. The Balaban J connectivity index is 1.10. The van der Waals surface area contributed by atoms with E-state index in [-0.39, 0.29) is 40.9 Å². The van der Waals surface area contributed by atoms with Gasteiger partial charge in [-0.3, -0.25) is 4.79 Å². The molecule has 4 aromatic rings. The highest BCUT2D eigenvalue weighted by Crippen LogP contribution is 2.46. The molecule has 3 aliphatic heterocycles. The van der Waals surface area contributed by atoms with Crippen molar-refractivity contribution in [1.82, 2.24) is 0 Å². The second-order valence-corrected chi connectivity index (χ2v) is 12.2. The van der Waals surface area contributed by atoms with Crippen LogP contribution in [0.1, 0.15) is 53.1 Å². The molecule has 258 valence electrons. The Morgan fingerprint density at radius 2 is 1.54 bits per heavy atom. The van der Waals surface area contributed by atoms with E-state index >= 15 is 0 Å². The molecule has 0 aromatic heterocycles. The van der Waals surface area contributed by atoms with E-state index in [2.05, 4.69) is 0 Å². The fraction of sp³-hybridized carbons (Fsp3) is 0.243. The predicted octanol–water partition coefficient (Wildman–Crippen LogP) is 4.78. The first-order chi connectivity index (χ1) is 23.9. The minimum Gasteiger partial charge on any atom is -0.507 e. The number of carbonyl (C=O) groups is 2. The largest absolute Gasteiger partial charge is 0.507 e. The van der Waals surface area contributed by atoms with Crippen LogP contribution in [0.25, 0.3) is 6.08 Å². The van der Waals surface area contributed by atoms with Crippen LogP contribution in [0.4, 0.5) is 0 Å². The third-order valence-electron chi connectivity index (χ3n) is 8.30. The Morgan fingerprint density at radius 3 is 2.32 bits per heavy atom. The van der Waals surface area contributed by atoms with Crippen molar-refractivity contribution in [2.24, 2.45) is 0 Å². The molecule has 0 saturated carbocycles. The van der Waals surface area contributed by atoms with E-state index in [1.807, 2.05) is 0 Å². The third kappa shape index (κ3) is 6.08. The fourth-order valence-electron chi connectivity index (χ4n) is 5.99. The van der Waals surface area contributed by atoms with Gasteiger partial charge in [0.25, 0.3) is 0 Å². The summed E-state index contributed by atoms with van der Waals surface area (Å²) in [5.41, 5.74) is 1.28. The van der Waals surface area contributed by atoms with Crippen molar-refractivity contribution in [2.75, 3.05) is 13.7 Å². The summed E-state index contributed by atoms with van der Waals surface area (Å²) in [5, 5.41) is 41.8. The number of phenols is 2. The van der Waals surface area contributed by atoms with E-state index in [0.717, 1.165) is 6.07 Å². The highest BCUT2D eigenvalue weighted by Gasteiger charge is 2.41. The lowest BCUT2D eigenvalue weighted by atomic mass is 9.92. The molecule has 0 spiro atoms. The molecule has 4 atom stereocenters. The van der Waals surface area contributed by atoms with Crippen LogP contribution in [-0.4, -0.2) is 63.9 Å². The van der Waals surface area contributed by atoms with Gasteiger partial charge in [0.2, 0.25) is 11.6 Å². The van der Waals surface area contributed by atoms with Gasteiger partial charge in [0.15, 0.2) is 58.9 Å². The normalized spacial score (nSPS) is 21.3. The minimum atomic E-state index is -1.71. The standard InChI is InChI=1S/C37H32O13/c1-37(2)49-25-9-4-18(12-28(25)50-37)5-11-31(41)45-21-15-23(40)32-29(16-21)48-36(34(43)33(32)42)20-7-10-24-27(14-20)47-35(30(17-38)46-24)19-6-8-22(39)26(13-19)44-3/h4-16,30,34-36,38-40,43H,17H2,1-3H3/b11-5+/t30?,34-,35?,36+/m0/s1. The second kappa shape index (κ2) is 12.5. The summed E-state index contributed by atoms with van der Waals surface area (Å²) < 4.78 is 40.3. The van der Waals surface area contributed by atoms with Gasteiger partial charge in [0.05, 0.1) is 13.7 Å². The number of Topliss-reactive ketones (excluding diaryl/α,β-unsaturated/α-hetero) is 1. The Kier molecular flexibility index (Phi) is 8.16. The zero-order chi connectivity index (χ0) is 35.3. The smallest absolute Gasteiger partial charge is 0.336 e. The summed E-state index contributed by atoms with van der Waals surface area (Å²) >= 11 is 0. The number of hydrogen-bond donors (Lipinski definition) is 4. The first kappa shape index (κ1) is 32.6. The van der Waals surface area contributed by atoms with Gasteiger partial charge < -0.3 is 53.6 Å². The SMILES string of the molecule is COc1cc(C2Oc3cc([C@H]4Oc5cc(OC(=O)/C=C/c6ccc7c(c6)OC(C)(C)O7)cc(O)c5C(=O)[C@@H]4O)ccc3OC2CO)ccc1O. The molecule has 3 aliphatic rings. The van der Waals surface area contributed by atoms with Crippen LogP contribution < -0.4 is 33.2 Å². The summed E-state index contributed by atoms with van der Waals surface area (Å²) in [4.78, 5) is 26.0. The lowest BCUT2D eigenvalue weighted by molar-refractivity contribution is -0.128. The Labute approximate surface area is 285 Å². The molecule has 4 aromatic carbocycles. The molecule has 3 heterocycles. The lowest BCUT2D eigenvalue weighted by Gasteiger charge is -2.35. The van der Waals surface area contributed by atoms with E-state index in [9.17, 15) is 30.0 Å². The van der Waals surface area contributed by atoms with E-state index in [1.165, 1.54) is 37.5 Å². The summed E-state index contributed by atoms with van der Waals surface area (Å²) in [6.45, 7) is 3.19. The number of phenolic OH excluding ortho intramolecular Hbond substituents is 2. The molecular weight excluding hydrogens is 652 g/mol. The molecule has 13 heteroatoms. The number of carbonyl (C=O) groups excluding carboxylic acids is 2. The predicted molar refractivity (Wildman–Crippen MR) is 174 cm³/mol. The number of fused-ring (bicyclic) bond motifs is 3. The Morgan fingerprint density at radius 1 is 0.820 bits per heavy atom. The first-order valence-corrected chi connectivity index (χ1v) is 15.6. The summed E-state index contributed by atoms with van der Waals surface area (Å²) in [7, 11) is 1.41. The average Bonchev–Trinajstić information content (AvgIpc) is 3.41. The summed E-state index contributed by atoms with van der Waals surface area (Å²) in [5.74, 6) is -1.33. The van der Waals surface area contributed by atoms with Crippen molar-refractivity contribution in [3.63, 3.8) is 0 Å². The summed E-state index contributed by atoms with van der Waals surface area (Å²) in [6.07, 6.45) is -1.84. The van der Waals surface area contributed by atoms with E-state index < -0.39 is 47.7 Å². The highest BCUT2D eigenvalue weighted by atomic mass is 16.7. The number of aliphatic hydroxyl groups excluding tert-OH is 2. The Hall–Kier alpha value is -5.92. The van der Waals surface area contributed by atoms with Gasteiger partial charge in [0.1, 0.15) is 22.8 Å². The van der Waals surface area contributed by atoms with Crippen LogP contribution in [-0.2, 0) is 4.79 Å². The van der Waals surface area contributed by atoms with Crippen molar-refractivity contribution < 1.29 is 63.2 Å².